The fourth-order valence-corrected chi connectivity index (χ4v) is 4.38. The van der Waals surface area contributed by atoms with E-state index in [0.29, 0.717) is 19.7 Å². The van der Waals surface area contributed by atoms with Crippen LogP contribution in [0.2, 0.25) is 0 Å². The maximum Gasteiger partial charge on any atom is 0.409 e. The SMILES string of the molecule is CCOC(=O)N1CCN(C(=NC)NCc2ccc(N3CCSCC3)cc2)CC1. The summed E-state index contributed by atoms with van der Waals surface area (Å²) in [5, 5.41) is 3.45. The third-order valence-corrected chi connectivity index (χ3v) is 6.02. The lowest BCUT2D eigenvalue weighted by atomic mass is 10.2. The molecule has 0 bridgehead atoms. The van der Waals surface area contributed by atoms with E-state index in [2.05, 4.69) is 44.4 Å². The number of rotatable bonds is 4. The molecule has 1 N–H and O–H groups in total. The van der Waals surface area contributed by atoms with Gasteiger partial charge < -0.3 is 24.8 Å². The van der Waals surface area contributed by atoms with E-state index >= 15 is 0 Å². The molecule has 0 radical (unpaired) electrons. The Morgan fingerprint density at radius 2 is 1.71 bits per heavy atom. The molecule has 0 saturated carbocycles. The molecule has 2 aliphatic rings. The highest BCUT2D eigenvalue weighted by molar-refractivity contribution is 7.99. The molecule has 28 heavy (non-hydrogen) atoms. The average molecular weight is 406 g/mol. The Labute approximate surface area is 172 Å². The van der Waals surface area contributed by atoms with Crippen molar-refractivity contribution < 1.29 is 9.53 Å². The first-order valence-corrected chi connectivity index (χ1v) is 11.2. The zero-order valence-electron chi connectivity index (χ0n) is 16.9. The number of amides is 1. The van der Waals surface area contributed by atoms with Gasteiger partial charge in [-0.15, -0.1) is 0 Å². The standard InChI is InChI=1S/C20H31N5O2S/c1-3-27-20(26)25-10-8-24(9-11-25)19(21-2)22-16-17-4-6-18(7-5-17)23-12-14-28-15-13-23/h4-7H,3,8-16H2,1-2H3,(H,21,22). The Balaban J connectivity index is 1.47. The number of carbonyl (C=O) groups is 1. The molecule has 2 aliphatic heterocycles. The summed E-state index contributed by atoms with van der Waals surface area (Å²) in [5.74, 6) is 3.30. The summed E-state index contributed by atoms with van der Waals surface area (Å²) in [5.41, 5.74) is 2.55. The number of thioether (sulfide) groups is 1. The summed E-state index contributed by atoms with van der Waals surface area (Å²) in [6.45, 7) is 8.07. The molecule has 1 aromatic carbocycles. The first kappa shape index (κ1) is 20.6. The molecule has 8 heteroatoms. The number of nitrogens with one attached hydrogen (secondary N) is 1. The van der Waals surface area contributed by atoms with Crippen molar-refractivity contribution in [1.29, 1.82) is 0 Å². The molecule has 3 rings (SSSR count). The predicted octanol–water partition coefficient (Wildman–Crippen LogP) is 2.09. The molecular formula is C20H31N5O2S. The highest BCUT2D eigenvalue weighted by Crippen LogP contribution is 2.19. The number of hydrogen-bond donors (Lipinski definition) is 1. The Bertz CT molecular complexity index is 653. The third-order valence-electron chi connectivity index (χ3n) is 5.08. The molecule has 7 nitrogen and oxygen atoms in total. The molecule has 2 heterocycles. The van der Waals surface area contributed by atoms with Gasteiger partial charge in [0.05, 0.1) is 6.61 Å². The Hall–Kier alpha value is -2.09. The summed E-state index contributed by atoms with van der Waals surface area (Å²) < 4.78 is 5.08. The smallest absolute Gasteiger partial charge is 0.409 e. The van der Waals surface area contributed by atoms with Crippen LogP contribution < -0.4 is 10.2 Å². The quantitative estimate of drug-likeness (QED) is 0.611. The highest BCUT2D eigenvalue weighted by Gasteiger charge is 2.23. The van der Waals surface area contributed by atoms with Gasteiger partial charge in [-0.25, -0.2) is 4.79 Å². The van der Waals surface area contributed by atoms with E-state index < -0.39 is 0 Å². The fourth-order valence-electron chi connectivity index (χ4n) is 3.48. The number of carbonyl (C=O) groups excluding carboxylic acids is 1. The molecular weight excluding hydrogens is 374 g/mol. The second kappa shape index (κ2) is 10.5. The van der Waals surface area contributed by atoms with Gasteiger partial charge in [0.1, 0.15) is 0 Å². The van der Waals surface area contributed by atoms with Crippen molar-refractivity contribution in [3.05, 3.63) is 29.8 Å². The first-order valence-electron chi connectivity index (χ1n) is 10.00. The lowest BCUT2D eigenvalue weighted by molar-refractivity contribution is 0.0914. The molecule has 2 saturated heterocycles. The van der Waals surface area contributed by atoms with Gasteiger partial charge in [-0.3, -0.25) is 4.99 Å². The predicted molar refractivity (Wildman–Crippen MR) is 116 cm³/mol. The minimum Gasteiger partial charge on any atom is -0.450 e. The maximum absolute atomic E-state index is 11.8. The van der Waals surface area contributed by atoms with Crippen molar-refractivity contribution in [3.63, 3.8) is 0 Å². The molecule has 0 aromatic heterocycles. The van der Waals surface area contributed by atoms with E-state index in [1.54, 1.807) is 11.9 Å². The summed E-state index contributed by atoms with van der Waals surface area (Å²) >= 11 is 2.03. The Morgan fingerprint density at radius 1 is 1.07 bits per heavy atom. The number of ether oxygens (including phenoxy) is 1. The van der Waals surface area contributed by atoms with Gasteiger partial charge >= 0.3 is 6.09 Å². The molecule has 2 fully saturated rings. The van der Waals surface area contributed by atoms with Crippen LogP contribution in [0.5, 0.6) is 0 Å². The number of hydrogen-bond acceptors (Lipinski definition) is 5. The van der Waals surface area contributed by atoms with E-state index in [-0.39, 0.29) is 6.09 Å². The largest absolute Gasteiger partial charge is 0.450 e. The van der Waals surface area contributed by atoms with Crippen LogP contribution in [-0.4, -0.2) is 86.3 Å². The normalized spacial score (nSPS) is 18.2. The van der Waals surface area contributed by atoms with Crippen molar-refractivity contribution in [2.24, 2.45) is 4.99 Å². The van der Waals surface area contributed by atoms with Crippen LogP contribution in [0.4, 0.5) is 10.5 Å². The number of aliphatic imine (C=N–C) groups is 1. The monoisotopic (exact) mass is 405 g/mol. The summed E-state index contributed by atoms with van der Waals surface area (Å²) in [7, 11) is 1.80. The van der Waals surface area contributed by atoms with Gasteiger partial charge in [-0.2, -0.15) is 11.8 Å². The zero-order chi connectivity index (χ0) is 19.8. The topological polar surface area (TPSA) is 60.4 Å². The number of piperazine rings is 1. The highest BCUT2D eigenvalue weighted by atomic mass is 32.2. The van der Waals surface area contributed by atoms with Gasteiger partial charge in [-0.1, -0.05) is 12.1 Å². The second-order valence-corrected chi connectivity index (χ2v) is 8.06. The van der Waals surface area contributed by atoms with Crippen molar-refractivity contribution in [2.45, 2.75) is 13.5 Å². The molecule has 0 spiro atoms. The van der Waals surface area contributed by atoms with Crippen molar-refractivity contribution in [2.75, 3.05) is 69.3 Å². The summed E-state index contributed by atoms with van der Waals surface area (Å²) in [4.78, 5) is 22.6. The van der Waals surface area contributed by atoms with Gasteiger partial charge in [-0.05, 0) is 24.6 Å². The molecule has 0 aliphatic carbocycles. The van der Waals surface area contributed by atoms with Crippen molar-refractivity contribution in [3.8, 4) is 0 Å². The molecule has 0 atom stereocenters. The minimum atomic E-state index is -0.225. The summed E-state index contributed by atoms with van der Waals surface area (Å²) in [6, 6.07) is 8.81. The maximum atomic E-state index is 11.8. The molecule has 154 valence electrons. The first-order chi connectivity index (χ1) is 13.7. The van der Waals surface area contributed by atoms with E-state index in [1.165, 1.54) is 22.8 Å². The Morgan fingerprint density at radius 3 is 2.32 bits per heavy atom. The van der Waals surface area contributed by atoms with E-state index in [9.17, 15) is 4.79 Å². The van der Waals surface area contributed by atoms with Crippen molar-refractivity contribution in [1.82, 2.24) is 15.1 Å². The van der Waals surface area contributed by atoms with Crippen LogP contribution in [0.3, 0.4) is 0 Å². The number of anilines is 1. The molecule has 1 amide bonds. The van der Waals surface area contributed by atoms with Crippen LogP contribution in [0.15, 0.2) is 29.3 Å². The number of nitrogens with zero attached hydrogens (tertiary/aromatic N) is 4. The van der Waals surface area contributed by atoms with E-state index in [0.717, 1.165) is 38.7 Å². The van der Waals surface area contributed by atoms with Gasteiger partial charge in [0.2, 0.25) is 0 Å². The van der Waals surface area contributed by atoms with Crippen molar-refractivity contribution >= 4 is 29.5 Å². The second-order valence-electron chi connectivity index (χ2n) is 6.84. The Kier molecular flexibility index (Phi) is 7.71. The average Bonchev–Trinajstić information content (AvgIpc) is 2.76. The third kappa shape index (κ3) is 5.47. The lowest BCUT2D eigenvalue weighted by Crippen LogP contribution is -2.53. The number of benzene rings is 1. The van der Waals surface area contributed by atoms with E-state index in [1.807, 2.05) is 18.7 Å². The van der Waals surface area contributed by atoms with Crippen LogP contribution in [0, 0.1) is 0 Å². The molecule has 1 aromatic rings. The fraction of sp³-hybridized carbons (Fsp3) is 0.600. The summed E-state index contributed by atoms with van der Waals surface area (Å²) in [6.07, 6.45) is -0.225. The lowest BCUT2D eigenvalue weighted by Gasteiger charge is -2.35. The van der Waals surface area contributed by atoms with E-state index in [4.69, 9.17) is 4.74 Å². The van der Waals surface area contributed by atoms with Gasteiger partial charge in [0.25, 0.3) is 0 Å². The minimum absolute atomic E-state index is 0.225. The van der Waals surface area contributed by atoms with Crippen LogP contribution in [0.25, 0.3) is 0 Å². The van der Waals surface area contributed by atoms with Crippen LogP contribution >= 0.6 is 11.8 Å². The molecule has 0 unspecified atom stereocenters. The van der Waals surface area contributed by atoms with Gasteiger partial charge in [0, 0.05) is 70.1 Å². The van der Waals surface area contributed by atoms with Crippen LogP contribution in [-0.2, 0) is 11.3 Å². The zero-order valence-corrected chi connectivity index (χ0v) is 17.7. The number of guanidine groups is 1. The van der Waals surface area contributed by atoms with Crippen LogP contribution in [0.1, 0.15) is 12.5 Å². The van der Waals surface area contributed by atoms with Gasteiger partial charge in [0.15, 0.2) is 5.96 Å².